The van der Waals surface area contributed by atoms with Crippen LogP contribution in [0.1, 0.15) is 60.7 Å². The molecule has 0 fully saturated rings. The van der Waals surface area contributed by atoms with E-state index in [1.54, 1.807) is 0 Å². The first kappa shape index (κ1) is 15.4. The van der Waals surface area contributed by atoms with Crippen molar-refractivity contribution in [2.75, 3.05) is 0 Å². The lowest BCUT2D eigenvalue weighted by Gasteiger charge is -2.09. The summed E-state index contributed by atoms with van der Waals surface area (Å²) in [7, 11) is 0. The largest absolute Gasteiger partial charge is 0.338 e. The zero-order chi connectivity index (χ0) is 15.6. The van der Waals surface area contributed by atoms with Gasteiger partial charge in [0.05, 0.1) is 10.9 Å². The summed E-state index contributed by atoms with van der Waals surface area (Å²) in [5.41, 5.74) is 1.19. The van der Waals surface area contributed by atoms with Crippen molar-refractivity contribution in [2.45, 2.75) is 50.8 Å². The molecule has 2 rings (SSSR count). The Bertz CT molecular complexity index is 689. The minimum atomic E-state index is -0.0780. The maximum atomic E-state index is 9.26. The van der Waals surface area contributed by atoms with Crippen LogP contribution in [0.5, 0.6) is 0 Å². The Balaban J connectivity index is 2.27. The first-order valence-corrected chi connectivity index (χ1v) is 7.55. The molecule has 0 aromatic carbocycles. The summed E-state index contributed by atoms with van der Waals surface area (Å²) >= 11 is 1.43. The van der Waals surface area contributed by atoms with Gasteiger partial charge in [0, 0.05) is 5.92 Å². The van der Waals surface area contributed by atoms with Gasteiger partial charge in [-0.1, -0.05) is 30.8 Å². The van der Waals surface area contributed by atoms with E-state index in [-0.39, 0.29) is 11.2 Å². The van der Waals surface area contributed by atoms with Crippen LogP contribution in [0.25, 0.3) is 0 Å². The minimum absolute atomic E-state index is 0.0780. The predicted molar refractivity (Wildman–Crippen MR) is 78.9 cm³/mol. The number of nitriles is 1. The second-order valence-corrected chi connectivity index (χ2v) is 6.38. The molecule has 2 aromatic heterocycles. The summed E-state index contributed by atoms with van der Waals surface area (Å²) in [6, 6.07) is 2.16. The molecule has 21 heavy (non-hydrogen) atoms. The summed E-state index contributed by atoms with van der Waals surface area (Å²) in [5, 5.41) is 13.8. The predicted octanol–water partition coefficient (Wildman–Crippen LogP) is 3.32. The number of nitrogens with zero attached hydrogens (tertiary/aromatic N) is 5. The minimum Gasteiger partial charge on any atom is -0.338 e. The number of rotatable bonds is 4. The highest BCUT2D eigenvalue weighted by atomic mass is 32.2. The smallest absolute Gasteiger partial charge is 0.239 e. The molecular formula is C14H17N5OS. The molecule has 1 atom stereocenters. The fraction of sp³-hybridized carbons (Fsp3) is 0.500. The SMILES string of the molecule is Cc1nc(C)c(C#N)c(SC(C)c2nc(C(C)C)no2)n1. The van der Waals surface area contributed by atoms with E-state index >= 15 is 0 Å². The standard InChI is InChI=1S/C14H17N5OS/c1-7(2)12-18-13(20-19-12)9(4)21-14-11(6-15)8(3)16-10(5)17-14/h7,9H,1-5H3. The third-order valence-electron chi connectivity index (χ3n) is 2.89. The molecule has 2 heterocycles. The van der Waals surface area contributed by atoms with Gasteiger partial charge in [0.2, 0.25) is 5.89 Å². The number of aryl methyl sites for hydroxylation is 2. The van der Waals surface area contributed by atoms with E-state index < -0.39 is 0 Å². The lowest BCUT2D eigenvalue weighted by molar-refractivity contribution is 0.373. The van der Waals surface area contributed by atoms with Crippen LogP contribution < -0.4 is 0 Å². The fourth-order valence-corrected chi connectivity index (χ4v) is 2.79. The maximum absolute atomic E-state index is 9.26. The Kier molecular flexibility index (Phi) is 4.58. The van der Waals surface area contributed by atoms with E-state index in [4.69, 9.17) is 4.52 Å². The molecule has 0 aliphatic carbocycles. The first-order valence-electron chi connectivity index (χ1n) is 6.67. The number of thioether (sulfide) groups is 1. The van der Waals surface area contributed by atoms with Crippen molar-refractivity contribution in [1.29, 1.82) is 5.26 Å². The molecule has 6 nitrogen and oxygen atoms in total. The monoisotopic (exact) mass is 303 g/mol. The van der Waals surface area contributed by atoms with Gasteiger partial charge >= 0.3 is 0 Å². The van der Waals surface area contributed by atoms with E-state index in [1.807, 2.05) is 34.6 Å². The van der Waals surface area contributed by atoms with Gasteiger partial charge < -0.3 is 4.52 Å². The fourth-order valence-electron chi connectivity index (χ4n) is 1.76. The van der Waals surface area contributed by atoms with Crippen LogP contribution in [0, 0.1) is 25.2 Å². The molecule has 0 saturated heterocycles. The Morgan fingerprint density at radius 2 is 1.86 bits per heavy atom. The van der Waals surface area contributed by atoms with Crippen LogP contribution in [0.2, 0.25) is 0 Å². The summed E-state index contributed by atoms with van der Waals surface area (Å²) in [4.78, 5) is 12.9. The van der Waals surface area contributed by atoms with Gasteiger partial charge in [-0.05, 0) is 20.8 Å². The van der Waals surface area contributed by atoms with Crippen LogP contribution in [0.3, 0.4) is 0 Å². The summed E-state index contributed by atoms with van der Waals surface area (Å²) in [6.07, 6.45) is 0. The van der Waals surface area contributed by atoms with Crippen LogP contribution in [-0.4, -0.2) is 20.1 Å². The average molecular weight is 303 g/mol. The molecule has 0 saturated carbocycles. The Labute approximate surface area is 128 Å². The molecule has 0 N–H and O–H groups in total. The van der Waals surface area contributed by atoms with Gasteiger partial charge in [-0.25, -0.2) is 9.97 Å². The highest BCUT2D eigenvalue weighted by Crippen LogP contribution is 2.35. The summed E-state index contributed by atoms with van der Waals surface area (Å²) < 4.78 is 5.29. The van der Waals surface area contributed by atoms with Gasteiger partial charge in [0.1, 0.15) is 22.5 Å². The molecule has 7 heteroatoms. The van der Waals surface area contributed by atoms with Crippen LogP contribution >= 0.6 is 11.8 Å². The van der Waals surface area contributed by atoms with E-state index in [1.165, 1.54) is 11.8 Å². The Hall–Kier alpha value is -1.94. The molecule has 1 unspecified atom stereocenters. The molecule has 2 aromatic rings. The third-order valence-corrected chi connectivity index (χ3v) is 3.96. The van der Waals surface area contributed by atoms with E-state index in [0.29, 0.717) is 33.8 Å². The van der Waals surface area contributed by atoms with Crippen LogP contribution in [-0.2, 0) is 0 Å². The Morgan fingerprint density at radius 3 is 2.43 bits per heavy atom. The van der Waals surface area contributed by atoms with Crippen molar-refractivity contribution < 1.29 is 4.52 Å². The molecule has 0 bridgehead atoms. The molecule has 0 spiro atoms. The van der Waals surface area contributed by atoms with Crippen molar-refractivity contribution in [3.63, 3.8) is 0 Å². The van der Waals surface area contributed by atoms with Gasteiger partial charge in [-0.15, -0.1) is 0 Å². The van der Waals surface area contributed by atoms with Crippen molar-refractivity contribution in [3.05, 3.63) is 28.8 Å². The first-order chi connectivity index (χ1) is 9.92. The molecule has 110 valence electrons. The van der Waals surface area contributed by atoms with Crippen molar-refractivity contribution >= 4 is 11.8 Å². The van der Waals surface area contributed by atoms with Crippen LogP contribution in [0.15, 0.2) is 9.55 Å². The molecule has 0 aliphatic heterocycles. The van der Waals surface area contributed by atoms with Crippen molar-refractivity contribution in [1.82, 2.24) is 20.1 Å². The molecule has 0 amide bonds. The Morgan fingerprint density at radius 1 is 1.14 bits per heavy atom. The van der Waals surface area contributed by atoms with E-state index in [2.05, 4.69) is 26.2 Å². The quantitative estimate of drug-likeness (QED) is 0.632. The van der Waals surface area contributed by atoms with Crippen LogP contribution in [0.4, 0.5) is 0 Å². The molecule has 0 radical (unpaired) electrons. The topological polar surface area (TPSA) is 88.5 Å². The highest BCUT2D eigenvalue weighted by molar-refractivity contribution is 7.99. The lowest BCUT2D eigenvalue weighted by atomic mass is 10.2. The highest BCUT2D eigenvalue weighted by Gasteiger charge is 2.20. The van der Waals surface area contributed by atoms with E-state index in [0.717, 1.165) is 0 Å². The summed E-state index contributed by atoms with van der Waals surface area (Å²) in [5.74, 6) is 2.10. The maximum Gasteiger partial charge on any atom is 0.239 e. The van der Waals surface area contributed by atoms with Gasteiger partial charge in [0.25, 0.3) is 0 Å². The average Bonchev–Trinajstić information content (AvgIpc) is 2.88. The van der Waals surface area contributed by atoms with Gasteiger partial charge in [-0.3, -0.25) is 0 Å². The lowest BCUT2D eigenvalue weighted by Crippen LogP contribution is -2.00. The second kappa shape index (κ2) is 6.22. The van der Waals surface area contributed by atoms with Crippen molar-refractivity contribution in [3.8, 4) is 6.07 Å². The third kappa shape index (κ3) is 3.39. The van der Waals surface area contributed by atoms with Gasteiger partial charge in [0.15, 0.2) is 5.82 Å². The summed E-state index contributed by atoms with van der Waals surface area (Å²) in [6.45, 7) is 9.60. The van der Waals surface area contributed by atoms with Crippen molar-refractivity contribution in [2.24, 2.45) is 0 Å². The van der Waals surface area contributed by atoms with Gasteiger partial charge in [-0.2, -0.15) is 10.2 Å². The normalized spacial score (nSPS) is 12.4. The second-order valence-electron chi connectivity index (χ2n) is 5.05. The number of aromatic nitrogens is 4. The number of hydrogen-bond donors (Lipinski definition) is 0. The zero-order valence-electron chi connectivity index (χ0n) is 12.7. The number of hydrogen-bond acceptors (Lipinski definition) is 7. The zero-order valence-corrected chi connectivity index (χ0v) is 13.5. The molecular weight excluding hydrogens is 286 g/mol. The molecule has 0 aliphatic rings. The van der Waals surface area contributed by atoms with E-state index in [9.17, 15) is 5.26 Å².